The van der Waals surface area contributed by atoms with Gasteiger partial charge in [-0.1, -0.05) is 28.1 Å². The van der Waals surface area contributed by atoms with Gasteiger partial charge in [0.15, 0.2) is 0 Å². The van der Waals surface area contributed by atoms with E-state index in [4.69, 9.17) is 6.42 Å². The van der Waals surface area contributed by atoms with Crippen molar-refractivity contribution in [2.45, 2.75) is 12.5 Å². The van der Waals surface area contributed by atoms with E-state index in [1.54, 1.807) is 6.33 Å². The number of nitrogens with zero attached hydrogens (tertiary/aromatic N) is 4. The third-order valence-electron chi connectivity index (χ3n) is 4.09. The molecule has 25 heavy (non-hydrogen) atoms. The number of aromatic amines is 1. The minimum atomic E-state index is -0.0280. The van der Waals surface area contributed by atoms with Crippen LogP contribution in [0.4, 0.5) is 0 Å². The monoisotopic (exact) mass is 391 g/mol. The molecule has 0 saturated carbocycles. The molecular formula is C19H14BrN5. The van der Waals surface area contributed by atoms with Crippen molar-refractivity contribution < 1.29 is 0 Å². The van der Waals surface area contributed by atoms with Crippen LogP contribution in [0.5, 0.6) is 0 Å². The van der Waals surface area contributed by atoms with Gasteiger partial charge in [-0.15, -0.1) is 12.3 Å². The van der Waals surface area contributed by atoms with Gasteiger partial charge >= 0.3 is 0 Å². The topological polar surface area (TPSA) is 59.4 Å². The molecular weight excluding hydrogens is 378 g/mol. The lowest BCUT2D eigenvalue weighted by Crippen LogP contribution is -2.10. The van der Waals surface area contributed by atoms with Gasteiger partial charge in [-0.3, -0.25) is 4.68 Å². The number of hydrogen-bond donors (Lipinski definition) is 1. The Labute approximate surface area is 153 Å². The molecule has 0 amide bonds. The Morgan fingerprint density at radius 2 is 2.20 bits per heavy atom. The molecule has 0 radical (unpaired) electrons. The molecule has 6 heteroatoms. The van der Waals surface area contributed by atoms with Crippen molar-refractivity contribution >= 4 is 27.0 Å². The van der Waals surface area contributed by atoms with Crippen LogP contribution in [0, 0.1) is 12.3 Å². The van der Waals surface area contributed by atoms with Crippen molar-refractivity contribution in [2.75, 3.05) is 0 Å². The zero-order chi connectivity index (χ0) is 17.2. The molecule has 1 atom stereocenters. The molecule has 0 aliphatic rings. The summed E-state index contributed by atoms with van der Waals surface area (Å²) in [5, 5.41) is 5.51. The highest BCUT2D eigenvalue weighted by molar-refractivity contribution is 9.10. The number of nitrogens with one attached hydrogen (secondary N) is 1. The van der Waals surface area contributed by atoms with Crippen molar-refractivity contribution in [3.05, 3.63) is 65.3 Å². The number of H-pyrrole nitrogens is 1. The molecule has 0 bridgehead atoms. The molecule has 4 rings (SSSR count). The molecule has 4 aromatic rings. The maximum absolute atomic E-state index is 5.59. The fraction of sp³-hybridized carbons (Fsp3) is 0.105. The summed E-state index contributed by atoms with van der Waals surface area (Å²) in [6.07, 6.45) is 13.4. The SMILES string of the molecule is C#CCC(c1cccc(Br)c1)n1cc(-c2ncnc3[nH]ccc23)cn1. The van der Waals surface area contributed by atoms with Crippen LogP contribution < -0.4 is 0 Å². The van der Waals surface area contributed by atoms with Crippen LogP contribution in [0.1, 0.15) is 18.0 Å². The van der Waals surface area contributed by atoms with Crippen LogP contribution in [0.3, 0.4) is 0 Å². The van der Waals surface area contributed by atoms with Gasteiger partial charge in [0.05, 0.1) is 17.9 Å². The average Bonchev–Trinajstić information content (AvgIpc) is 3.28. The fourth-order valence-electron chi connectivity index (χ4n) is 2.92. The maximum atomic E-state index is 5.59. The molecule has 0 aliphatic heterocycles. The first-order valence-corrected chi connectivity index (χ1v) is 8.57. The van der Waals surface area contributed by atoms with Crippen molar-refractivity contribution in [1.82, 2.24) is 24.7 Å². The highest BCUT2D eigenvalue weighted by Crippen LogP contribution is 2.28. The second-order valence-corrected chi connectivity index (χ2v) is 6.57. The summed E-state index contributed by atoms with van der Waals surface area (Å²) in [5.74, 6) is 2.75. The number of terminal acetylenes is 1. The number of rotatable bonds is 4. The molecule has 0 aliphatic carbocycles. The Kier molecular flexibility index (Phi) is 4.08. The molecule has 0 fully saturated rings. The predicted molar refractivity (Wildman–Crippen MR) is 101 cm³/mol. The van der Waals surface area contributed by atoms with Crippen LogP contribution in [0.25, 0.3) is 22.3 Å². The third-order valence-corrected chi connectivity index (χ3v) is 4.59. The maximum Gasteiger partial charge on any atom is 0.141 e. The molecule has 0 spiro atoms. The second-order valence-electron chi connectivity index (χ2n) is 5.65. The van der Waals surface area contributed by atoms with Gasteiger partial charge in [-0.2, -0.15) is 5.10 Å². The molecule has 3 aromatic heterocycles. The Morgan fingerprint density at radius 3 is 3.04 bits per heavy atom. The Morgan fingerprint density at radius 1 is 1.28 bits per heavy atom. The zero-order valence-electron chi connectivity index (χ0n) is 13.2. The molecule has 1 N–H and O–H groups in total. The average molecular weight is 392 g/mol. The Hall–Kier alpha value is -2.91. The third kappa shape index (κ3) is 2.94. The zero-order valence-corrected chi connectivity index (χ0v) is 14.8. The summed E-state index contributed by atoms with van der Waals surface area (Å²) in [4.78, 5) is 11.8. The van der Waals surface area contributed by atoms with E-state index in [0.29, 0.717) is 6.42 Å². The summed E-state index contributed by atoms with van der Waals surface area (Å²) in [7, 11) is 0. The fourth-order valence-corrected chi connectivity index (χ4v) is 3.34. The number of fused-ring (bicyclic) bond motifs is 1. The van der Waals surface area contributed by atoms with Crippen molar-refractivity contribution in [3.63, 3.8) is 0 Å². The Bertz CT molecular complexity index is 1070. The van der Waals surface area contributed by atoms with Gasteiger partial charge in [0, 0.05) is 34.2 Å². The van der Waals surface area contributed by atoms with Gasteiger partial charge in [0.2, 0.25) is 0 Å². The van der Waals surface area contributed by atoms with Crippen molar-refractivity contribution in [1.29, 1.82) is 0 Å². The Balaban J connectivity index is 1.76. The summed E-state index contributed by atoms with van der Waals surface area (Å²) in [6, 6.07) is 10.1. The number of benzene rings is 1. The summed E-state index contributed by atoms with van der Waals surface area (Å²) in [5.41, 5.74) is 3.71. The number of hydrogen-bond acceptors (Lipinski definition) is 3. The van der Waals surface area contributed by atoms with Crippen molar-refractivity contribution in [2.24, 2.45) is 0 Å². The molecule has 1 unspecified atom stereocenters. The lowest BCUT2D eigenvalue weighted by molar-refractivity contribution is 0.534. The quantitative estimate of drug-likeness (QED) is 0.530. The van der Waals surface area contributed by atoms with E-state index >= 15 is 0 Å². The molecule has 122 valence electrons. The van der Waals surface area contributed by atoms with E-state index in [1.165, 1.54) is 0 Å². The van der Waals surface area contributed by atoms with Crippen LogP contribution in [-0.4, -0.2) is 24.7 Å². The van der Waals surface area contributed by atoms with Crippen LogP contribution in [-0.2, 0) is 0 Å². The highest BCUT2D eigenvalue weighted by atomic mass is 79.9. The van der Waals surface area contributed by atoms with Gasteiger partial charge in [-0.25, -0.2) is 9.97 Å². The highest BCUT2D eigenvalue weighted by Gasteiger charge is 2.16. The standard InChI is InChI=1S/C19H14BrN5/c1-2-4-17(13-5-3-6-15(20)9-13)25-11-14(10-24-25)18-16-7-8-21-19(16)23-12-22-18/h1,3,5-12,17H,4H2,(H,21,22,23). The lowest BCUT2D eigenvalue weighted by Gasteiger charge is -2.15. The van der Waals surface area contributed by atoms with Gasteiger partial charge in [0.25, 0.3) is 0 Å². The van der Waals surface area contributed by atoms with Gasteiger partial charge < -0.3 is 4.98 Å². The number of halogens is 1. The lowest BCUT2D eigenvalue weighted by atomic mass is 10.0. The van der Waals surface area contributed by atoms with Gasteiger partial charge in [-0.05, 0) is 23.8 Å². The van der Waals surface area contributed by atoms with Gasteiger partial charge in [0.1, 0.15) is 12.0 Å². The first-order chi connectivity index (χ1) is 12.3. The van der Waals surface area contributed by atoms with E-state index in [2.05, 4.69) is 54.0 Å². The summed E-state index contributed by atoms with van der Waals surface area (Å²) in [6.45, 7) is 0. The minimum Gasteiger partial charge on any atom is -0.346 e. The van der Waals surface area contributed by atoms with Crippen LogP contribution in [0.15, 0.2) is 59.7 Å². The smallest absolute Gasteiger partial charge is 0.141 e. The van der Waals surface area contributed by atoms with Crippen molar-refractivity contribution in [3.8, 4) is 23.6 Å². The van der Waals surface area contributed by atoms with Crippen LogP contribution >= 0.6 is 15.9 Å². The van der Waals surface area contributed by atoms with E-state index in [-0.39, 0.29) is 6.04 Å². The molecule has 1 aromatic carbocycles. The molecule has 5 nitrogen and oxygen atoms in total. The van der Waals surface area contributed by atoms with E-state index in [9.17, 15) is 0 Å². The van der Waals surface area contributed by atoms with Crippen LogP contribution in [0.2, 0.25) is 0 Å². The van der Waals surface area contributed by atoms with E-state index in [1.807, 2.05) is 41.5 Å². The van der Waals surface area contributed by atoms with E-state index in [0.717, 1.165) is 32.3 Å². The molecule has 0 saturated heterocycles. The van der Waals surface area contributed by atoms with E-state index < -0.39 is 0 Å². The number of aromatic nitrogens is 5. The predicted octanol–water partition coefficient (Wildman–Crippen LogP) is 4.20. The second kappa shape index (κ2) is 6.54. The minimum absolute atomic E-state index is 0.0280. The first kappa shape index (κ1) is 15.6. The summed E-state index contributed by atoms with van der Waals surface area (Å²) < 4.78 is 2.92. The first-order valence-electron chi connectivity index (χ1n) is 7.78. The molecule has 3 heterocycles. The summed E-state index contributed by atoms with van der Waals surface area (Å²) >= 11 is 3.52. The normalized spacial score (nSPS) is 12.2. The largest absolute Gasteiger partial charge is 0.346 e.